The zero-order chi connectivity index (χ0) is 9.35. The van der Waals surface area contributed by atoms with Crippen molar-refractivity contribution < 1.29 is 9.59 Å². The lowest BCUT2D eigenvalue weighted by Gasteiger charge is -2.23. The van der Waals surface area contributed by atoms with Crippen molar-refractivity contribution in [1.29, 1.82) is 0 Å². The predicted octanol–water partition coefficient (Wildman–Crippen LogP) is -0.831. The van der Waals surface area contributed by atoms with Crippen molar-refractivity contribution in [3.8, 4) is 0 Å². The van der Waals surface area contributed by atoms with Gasteiger partial charge in [-0.3, -0.25) is 9.59 Å². The Bertz CT molecular complexity index is 262. The number of aliphatic imine (C=N–C) groups is 1. The van der Waals surface area contributed by atoms with Gasteiger partial charge in [0.2, 0.25) is 5.91 Å². The highest BCUT2D eigenvalue weighted by molar-refractivity contribution is 6.16. The molecule has 1 aliphatic rings. The van der Waals surface area contributed by atoms with Crippen molar-refractivity contribution in [1.82, 2.24) is 5.32 Å². The highest BCUT2D eigenvalue weighted by Crippen LogP contribution is 2.04. The Morgan fingerprint density at radius 1 is 1.50 bits per heavy atom. The van der Waals surface area contributed by atoms with E-state index in [0.717, 1.165) is 0 Å². The van der Waals surface area contributed by atoms with Gasteiger partial charge in [-0.05, 0) is 13.8 Å². The molecule has 3 N–H and O–H groups in total. The third kappa shape index (κ3) is 1.88. The number of nitrogens with two attached hydrogens (primary N) is 1. The predicted molar refractivity (Wildman–Crippen MR) is 43.5 cm³/mol. The van der Waals surface area contributed by atoms with Gasteiger partial charge in [-0.25, -0.2) is 0 Å². The van der Waals surface area contributed by atoms with Crippen LogP contribution in [0, 0.1) is 0 Å². The first-order chi connectivity index (χ1) is 5.39. The molecule has 0 fully saturated rings. The van der Waals surface area contributed by atoms with Crippen LogP contribution < -0.4 is 11.1 Å². The van der Waals surface area contributed by atoms with E-state index >= 15 is 0 Å². The number of nitrogens with one attached hydrogen (secondary N) is 1. The fourth-order valence-electron chi connectivity index (χ4n) is 0.811. The molecule has 0 aromatic heterocycles. The number of hydrogen-bond donors (Lipinski definition) is 2. The summed E-state index contributed by atoms with van der Waals surface area (Å²) in [6.45, 7) is 3.34. The van der Waals surface area contributed by atoms with Gasteiger partial charge in [0.1, 0.15) is 12.3 Å². The molecule has 5 heteroatoms. The van der Waals surface area contributed by atoms with Crippen LogP contribution in [0.15, 0.2) is 4.99 Å². The number of rotatable bonds is 1. The minimum Gasteiger partial charge on any atom is -0.319 e. The highest BCUT2D eigenvalue weighted by Gasteiger charge is 2.27. The average Bonchev–Trinajstić information content (AvgIpc) is 1.82. The number of hydrogen-bond acceptors (Lipinski definition) is 3. The molecule has 0 saturated carbocycles. The van der Waals surface area contributed by atoms with E-state index in [-0.39, 0.29) is 18.2 Å². The Balaban J connectivity index is 2.92. The topological polar surface area (TPSA) is 84.5 Å². The molecule has 0 saturated heterocycles. The number of nitrogens with zero attached hydrogens (tertiary/aromatic N) is 1. The molecule has 66 valence electrons. The summed E-state index contributed by atoms with van der Waals surface area (Å²) in [6, 6.07) is 0. The maximum Gasteiger partial charge on any atom is 0.256 e. The van der Waals surface area contributed by atoms with Gasteiger partial charge in [-0.1, -0.05) is 0 Å². The van der Waals surface area contributed by atoms with E-state index in [0.29, 0.717) is 0 Å². The van der Waals surface area contributed by atoms with Crippen LogP contribution in [0.4, 0.5) is 0 Å². The lowest BCUT2D eigenvalue weighted by atomic mass is 10.0. The first kappa shape index (κ1) is 8.86. The molecule has 0 atom stereocenters. The summed E-state index contributed by atoms with van der Waals surface area (Å²) in [4.78, 5) is 25.3. The Morgan fingerprint density at radius 2 is 2.08 bits per heavy atom. The summed E-state index contributed by atoms with van der Waals surface area (Å²) >= 11 is 0. The molecule has 5 nitrogen and oxygen atoms in total. The quantitative estimate of drug-likeness (QED) is 0.502. The molecular weight excluding hydrogens is 158 g/mol. The second-order valence-corrected chi connectivity index (χ2v) is 3.30. The van der Waals surface area contributed by atoms with Gasteiger partial charge in [0, 0.05) is 0 Å². The van der Waals surface area contributed by atoms with Crippen LogP contribution in [0.25, 0.3) is 0 Å². The summed E-state index contributed by atoms with van der Waals surface area (Å²) in [5, 5.41) is 2.45. The molecule has 1 rings (SSSR count). The van der Waals surface area contributed by atoms with Crippen LogP contribution in [0.1, 0.15) is 20.3 Å². The Kier molecular flexibility index (Phi) is 1.97. The van der Waals surface area contributed by atoms with Crippen LogP contribution in [-0.2, 0) is 9.59 Å². The Labute approximate surface area is 70.0 Å². The minimum absolute atomic E-state index is 0.181. The number of carbonyl (C=O) groups excluding carboxylic acids is 2. The van der Waals surface area contributed by atoms with Crippen LogP contribution in [0.5, 0.6) is 0 Å². The first-order valence-electron chi connectivity index (χ1n) is 3.60. The maximum atomic E-state index is 10.9. The van der Waals surface area contributed by atoms with Crippen LogP contribution in [0.2, 0.25) is 0 Å². The summed E-state index contributed by atoms with van der Waals surface area (Å²) in [7, 11) is 0. The molecule has 0 aliphatic carbocycles. The second-order valence-electron chi connectivity index (χ2n) is 3.30. The van der Waals surface area contributed by atoms with Crippen molar-refractivity contribution in [3.05, 3.63) is 0 Å². The van der Waals surface area contributed by atoms with Gasteiger partial charge in [0.25, 0.3) is 5.91 Å². The Hall–Kier alpha value is -1.23. The molecule has 0 unspecified atom stereocenters. The molecule has 0 aromatic rings. The summed E-state index contributed by atoms with van der Waals surface area (Å²) in [5.41, 5.74) is 4.86. The SMILES string of the molecule is CC(C)(N)C1=NC(=O)CC(=O)N1. The van der Waals surface area contributed by atoms with Crippen LogP contribution in [0.3, 0.4) is 0 Å². The van der Waals surface area contributed by atoms with Gasteiger partial charge < -0.3 is 11.1 Å². The molecule has 1 aliphatic heterocycles. The number of carbonyl (C=O) groups is 2. The standard InChI is InChI=1S/C7H11N3O2/c1-7(2,8)6-9-4(11)3-5(12)10-6/h3,8H2,1-2H3,(H,9,10,11,12). The van der Waals surface area contributed by atoms with E-state index in [2.05, 4.69) is 10.3 Å². The molecule has 0 bridgehead atoms. The maximum absolute atomic E-state index is 10.9. The second kappa shape index (κ2) is 2.67. The molecule has 0 spiro atoms. The number of amides is 2. The normalized spacial score (nSPS) is 18.8. The first-order valence-corrected chi connectivity index (χ1v) is 3.60. The van der Waals surface area contributed by atoms with E-state index in [1.165, 1.54) is 0 Å². The van der Waals surface area contributed by atoms with E-state index < -0.39 is 11.4 Å². The van der Waals surface area contributed by atoms with E-state index in [9.17, 15) is 9.59 Å². The summed E-state index contributed by atoms with van der Waals surface area (Å²) in [5.74, 6) is -0.542. The molecule has 1 heterocycles. The van der Waals surface area contributed by atoms with E-state index in [1.54, 1.807) is 13.8 Å². The van der Waals surface area contributed by atoms with Crippen molar-refractivity contribution in [3.63, 3.8) is 0 Å². The van der Waals surface area contributed by atoms with E-state index in [1.807, 2.05) is 0 Å². The van der Waals surface area contributed by atoms with Gasteiger partial charge in [-0.2, -0.15) is 4.99 Å². The highest BCUT2D eigenvalue weighted by atomic mass is 16.2. The van der Waals surface area contributed by atoms with Crippen molar-refractivity contribution >= 4 is 17.6 Å². The van der Waals surface area contributed by atoms with Gasteiger partial charge in [0.05, 0.1) is 5.54 Å². The fourth-order valence-corrected chi connectivity index (χ4v) is 0.811. The third-order valence-corrected chi connectivity index (χ3v) is 1.42. The third-order valence-electron chi connectivity index (χ3n) is 1.42. The molecule has 0 aromatic carbocycles. The van der Waals surface area contributed by atoms with Crippen LogP contribution in [-0.4, -0.2) is 23.2 Å². The lowest BCUT2D eigenvalue weighted by molar-refractivity contribution is -0.127. The monoisotopic (exact) mass is 169 g/mol. The van der Waals surface area contributed by atoms with Gasteiger partial charge >= 0.3 is 0 Å². The summed E-state index contributed by atoms with van der Waals surface area (Å²) in [6.07, 6.45) is -0.181. The van der Waals surface area contributed by atoms with Gasteiger partial charge in [-0.15, -0.1) is 0 Å². The molecule has 12 heavy (non-hydrogen) atoms. The number of amidine groups is 1. The minimum atomic E-state index is -0.772. The van der Waals surface area contributed by atoms with Gasteiger partial charge in [0.15, 0.2) is 0 Å². The zero-order valence-corrected chi connectivity index (χ0v) is 7.05. The van der Waals surface area contributed by atoms with E-state index in [4.69, 9.17) is 5.73 Å². The molecular formula is C7H11N3O2. The van der Waals surface area contributed by atoms with Crippen LogP contribution >= 0.6 is 0 Å². The Morgan fingerprint density at radius 3 is 2.50 bits per heavy atom. The lowest BCUT2D eigenvalue weighted by Crippen LogP contribution is -2.53. The molecule has 2 amide bonds. The smallest absolute Gasteiger partial charge is 0.256 e. The summed E-state index contributed by atoms with van der Waals surface area (Å²) < 4.78 is 0. The fraction of sp³-hybridized carbons (Fsp3) is 0.571. The van der Waals surface area contributed by atoms with Crippen molar-refractivity contribution in [2.75, 3.05) is 0 Å². The zero-order valence-electron chi connectivity index (χ0n) is 7.05. The average molecular weight is 169 g/mol. The van der Waals surface area contributed by atoms with Crippen molar-refractivity contribution in [2.45, 2.75) is 25.8 Å². The van der Waals surface area contributed by atoms with Crippen molar-refractivity contribution in [2.24, 2.45) is 10.7 Å². The largest absolute Gasteiger partial charge is 0.319 e. The molecule has 0 radical (unpaired) electrons.